The Morgan fingerprint density at radius 1 is 1.10 bits per heavy atom. The van der Waals surface area contributed by atoms with Gasteiger partial charge in [0.05, 0.1) is 5.41 Å². The first-order valence-electron chi connectivity index (χ1n) is 8.29. The molecular weight excluding hydrogens is 260 g/mol. The van der Waals surface area contributed by atoms with Gasteiger partial charge < -0.3 is 10.6 Å². The minimum atomic E-state index is -0.198. The minimum Gasteiger partial charge on any atom is -0.341 e. The summed E-state index contributed by atoms with van der Waals surface area (Å²) in [4.78, 5) is 15.2. The van der Waals surface area contributed by atoms with Gasteiger partial charge in [0.25, 0.3) is 0 Å². The van der Waals surface area contributed by atoms with Crippen molar-refractivity contribution in [1.82, 2.24) is 4.90 Å². The average molecular weight is 284 g/mol. The van der Waals surface area contributed by atoms with Gasteiger partial charge in [0.15, 0.2) is 0 Å². The highest BCUT2D eigenvalue weighted by Crippen LogP contribution is 2.50. The number of rotatable bonds is 2. The van der Waals surface area contributed by atoms with E-state index in [9.17, 15) is 4.79 Å². The molecule has 1 aliphatic heterocycles. The molecule has 112 valence electrons. The number of hydrogen-bond donors (Lipinski definition) is 1. The topological polar surface area (TPSA) is 46.3 Å². The summed E-state index contributed by atoms with van der Waals surface area (Å²) in [6.07, 6.45) is 5.47. The first kappa shape index (κ1) is 13.3. The fourth-order valence-corrected chi connectivity index (χ4v) is 4.44. The van der Waals surface area contributed by atoms with Crippen molar-refractivity contribution in [3.05, 3.63) is 35.9 Å². The molecule has 21 heavy (non-hydrogen) atoms. The molecule has 1 aromatic rings. The van der Waals surface area contributed by atoms with Crippen molar-refractivity contribution in [2.75, 3.05) is 13.1 Å². The molecule has 1 aromatic carbocycles. The lowest BCUT2D eigenvalue weighted by molar-refractivity contribution is -0.133. The van der Waals surface area contributed by atoms with Gasteiger partial charge in [-0.25, -0.2) is 0 Å². The summed E-state index contributed by atoms with van der Waals surface area (Å²) in [5.41, 5.74) is 7.11. The van der Waals surface area contributed by atoms with Crippen LogP contribution in [0.5, 0.6) is 0 Å². The monoisotopic (exact) mass is 284 g/mol. The normalized spacial score (nSPS) is 33.6. The van der Waals surface area contributed by atoms with Crippen LogP contribution in [0.1, 0.15) is 37.7 Å². The molecule has 0 bridgehead atoms. The van der Waals surface area contributed by atoms with E-state index in [4.69, 9.17) is 5.73 Å². The standard InChI is InChI=1S/C18H24N2O/c19-16-7-6-13-11-20(12-14(13)10-16)17(21)18(8-9-18)15-4-2-1-3-5-15/h1-5,13-14,16H,6-12,19H2/t13-,14+,16?/m1/s1. The molecular formula is C18H24N2O. The molecule has 1 heterocycles. The number of benzene rings is 1. The fraction of sp³-hybridized carbons (Fsp3) is 0.611. The van der Waals surface area contributed by atoms with Crippen LogP contribution >= 0.6 is 0 Å². The molecule has 1 unspecified atom stereocenters. The van der Waals surface area contributed by atoms with Gasteiger partial charge in [-0.15, -0.1) is 0 Å². The van der Waals surface area contributed by atoms with E-state index < -0.39 is 0 Å². The Hall–Kier alpha value is -1.35. The van der Waals surface area contributed by atoms with Crippen molar-refractivity contribution in [3.8, 4) is 0 Å². The lowest BCUT2D eigenvalue weighted by Gasteiger charge is -2.27. The quantitative estimate of drug-likeness (QED) is 0.906. The van der Waals surface area contributed by atoms with Crippen LogP contribution in [-0.4, -0.2) is 29.9 Å². The molecule has 0 aromatic heterocycles. The number of nitrogens with zero attached hydrogens (tertiary/aromatic N) is 1. The number of likely N-dealkylation sites (tertiary alicyclic amines) is 1. The Morgan fingerprint density at radius 3 is 2.52 bits per heavy atom. The maximum Gasteiger partial charge on any atom is 0.233 e. The van der Waals surface area contributed by atoms with Crippen LogP contribution in [0.2, 0.25) is 0 Å². The molecule has 1 amide bonds. The molecule has 2 saturated carbocycles. The SMILES string of the molecule is NC1CC[C@@H]2CN(C(=O)C3(c4ccccc4)CC3)C[C@@H]2C1. The van der Waals surface area contributed by atoms with Gasteiger partial charge in [-0.2, -0.15) is 0 Å². The van der Waals surface area contributed by atoms with Crippen LogP contribution in [-0.2, 0) is 10.2 Å². The summed E-state index contributed by atoms with van der Waals surface area (Å²) in [6.45, 7) is 1.90. The van der Waals surface area contributed by atoms with Crippen LogP contribution in [0.4, 0.5) is 0 Å². The van der Waals surface area contributed by atoms with E-state index in [1.54, 1.807) is 0 Å². The van der Waals surface area contributed by atoms with Crippen molar-refractivity contribution < 1.29 is 4.79 Å². The van der Waals surface area contributed by atoms with Gasteiger partial charge >= 0.3 is 0 Å². The molecule has 2 N–H and O–H groups in total. The lowest BCUT2D eigenvalue weighted by Crippen LogP contribution is -2.38. The lowest BCUT2D eigenvalue weighted by atomic mass is 9.79. The Bertz CT molecular complexity index is 537. The van der Waals surface area contributed by atoms with Crippen molar-refractivity contribution >= 4 is 5.91 Å². The molecule has 3 atom stereocenters. The molecule has 3 aliphatic rings. The zero-order valence-corrected chi connectivity index (χ0v) is 12.5. The van der Waals surface area contributed by atoms with Crippen molar-refractivity contribution in [2.45, 2.75) is 43.6 Å². The predicted molar refractivity (Wildman–Crippen MR) is 82.7 cm³/mol. The number of nitrogens with two attached hydrogens (primary N) is 1. The Morgan fingerprint density at radius 2 is 1.81 bits per heavy atom. The third-order valence-electron chi connectivity index (χ3n) is 5.86. The molecule has 3 nitrogen and oxygen atoms in total. The summed E-state index contributed by atoms with van der Waals surface area (Å²) in [7, 11) is 0. The Labute approximate surface area is 126 Å². The maximum atomic E-state index is 13.0. The molecule has 3 fully saturated rings. The third-order valence-corrected chi connectivity index (χ3v) is 5.86. The second-order valence-electron chi connectivity index (χ2n) is 7.25. The second-order valence-corrected chi connectivity index (χ2v) is 7.25. The first-order valence-corrected chi connectivity index (χ1v) is 8.29. The van der Waals surface area contributed by atoms with Gasteiger partial charge in [-0.3, -0.25) is 4.79 Å². The largest absolute Gasteiger partial charge is 0.341 e. The first-order chi connectivity index (χ1) is 10.2. The summed E-state index contributed by atoms with van der Waals surface area (Å²) < 4.78 is 0. The highest BCUT2D eigenvalue weighted by molar-refractivity contribution is 5.91. The van der Waals surface area contributed by atoms with E-state index in [-0.39, 0.29) is 5.41 Å². The average Bonchev–Trinajstić information content (AvgIpc) is 3.21. The van der Waals surface area contributed by atoms with E-state index >= 15 is 0 Å². The molecule has 4 rings (SSSR count). The van der Waals surface area contributed by atoms with Gasteiger partial charge in [0, 0.05) is 19.1 Å². The van der Waals surface area contributed by atoms with Crippen LogP contribution < -0.4 is 5.73 Å². The number of carbonyl (C=O) groups is 1. The molecule has 0 spiro atoms. The Balaban J connectivity index is 1.51. The molecule has 0 radical (unpaired) electrons. The van der Waals surface area contributed by atoms with E-state index in [0.29, 0.717) is 23.8 Å². The summed E-state index contributed by atoms with van der Waals surface area (Å²) in [5.74, 6) is 1.71. The zero-order chi connectivity index (χ0) is 14.4. The zero-order valence-electron chi connectivity index (χ0n) is 12.5. The van der Waals surface area contributed by atoms with Gasteiger partial charge in [-0.05, 0) is 49.5 Å². The molecule has 2 aliphatic carbocycles. The summed E-state index contributed by atoms with van der Waals surface area (Å²) in [6, 6.07) is 10.7. The smallest absolute Gasteiger partial charge is 0.233 e. The van der Waals surface area contributed by atoms with Crippen molar-refractivity contribution in [2.24, 2.45) is 17.6 Å². The van der Waals surface area contributed by atoms with E-state index in [1.807, 2.05) is 18.2 Å². The van der Waals surface area contributed by atoms with E-state index in [1.165, 1.54) is 12.0 Å². The number of amides is 1. The number of hydrogen-bond acceptors (Lipinski definition) is 2. The molecule has 1 saturated heterocycles. The van der Waals surface area contributed by atoms with Crippen LogP contribution in [0.25, 0.3) is 0 Å². The van der Waals surface area contributed by atoms with Gasteiger partial charge in [-0.1, -0.05) is 30.3 Å². The van der Waals surface area contributed by atoms with Gasteiger partial charge in [0.1, 0.15) is 0 Å². The Kier molecular flexibility index (Phi) is 3.07. The third kappa shape index (κ3) is 2.18. The summed E-state index contributed by atoms with van der Waals surface area (Å²) >= 11 is 0. The molecule has 3 heteroatoms. The number of fused-ring (bicyclic) bond motifs is 1. The van der Waals surface area contributed by atoms with Crippen LogP contribution in [0.15, 0.2) is 30.3 Å². The van der Waals surface area contributed by atoms with Crippen LogP contribution in [0.3, 0.4) is 0 Å². The highest BCUT2D eigenvalue weighted by atomic mass is 16.2. The van der Waals surface area contributed by atoms with Crippen molar-refractivity contribution in [1.29, 1.82) is 0 Å². The maximum absolute atomic E-state index is 13.0. The minimum absolute atomic E-state index is 0.198. The highest BCUT2D eigenvalue weighted by Gasteiger charge is 2.54. The fourth-order valence-electron chi connectivity index (χ4n) is 4.44. The second kappa shape index (κ2) is 4.84. The van der Waals surface area contributed by atoms with Crippen molar-refractivity contribution in [3.63, 3.8) is 0 Å². The van der Waals surface area contributed by atoms with E-state index in [2.05, 4.69) is 17.0 Å². The predicted octanol–water partition coefficient (Wildman–Crippen LogP) is 2.30. The van der Waals surface area contributed by atoms with Gasteiger partial charge in [0.2, 0.25) is 5.91 Å². The number of carbonyl (C=O) groups excluding carboxylic acids is 1. The summed E-state index contributed by atoms with van der Waals surface area (Å²) in [5, 5.41) is 0. The van der Waals surface area contributed by atoms with E-state index in [0.717, 1.165) is 38.8 Å². The van der Waals surface area contributed by atoms with Crippen LogP contribution in [0, 0.1) is 11.8 Å².